The number of hydrogen-bond acceptors (Lipinski definition) is 4. The summed E-state index contributed by atoms with van der Waals surface area (Å²) in [7, 11) is 5.03. The largest absolute Gasteiger partial charge is 0.493 e. The van der Waals surface area contributed by atoms with Crippen LogP contribution in [0.1, 0.15) is 23.1 Å². The molecular formula is C22H31FIN3O2S. The van der Waals surface area contributed by atoms with Crippen LogP contribution in [0.4, 0.5) is 4.39 Å². The van der Waals surface area contributed by atoms with Crippen LogP contribution in [0.2, 0.25) is 0 Å². The quantitative estimate of drug-likeness (QED) is 0.197. The Hall–Kier alpha value is -1.68. The Balaban J connectivity index is 0.00000450. The molecular weight excluding hydrogens is 516 g/mol. The van der Waals surface area contributed by atoms with Gasteiger partial charge in [0.2, 0.25) is 0 Å². The van der Waals surface area contributed by atoms with Gasteiger partial charge in [0.05, 0.1) is 14.2 Å². The summed E-state index contributed by atoms with van der Waals surface area (Å²) in [6, 6.07) is 10.9. The second-order valence-corrected chi connectivity index (χ2v) is 7.36. The Bertz CT molecular complexity index is 821. The van der Waals surface area contributed by atoms with Crippen molar-refractivity contribution in [2.24, 2.45) is 4.99 Å². The third kappa shape index (κ3) is 8.22. The first kappa shape index (κ1) is 26.4. The van der Waals surface area contributed by atoms with Gasteiger partial charge in [-0.2, -0.15) is 11.8 Å². The molecule has 0 aliphatic heterocycles. The standard InChI is InChI=1S/C22H30FN3O2S.HI/c1-24-22(26-14-17-8-9-19(23)13-18(17)15-29-4)25-11-5-6-16-7-10-20(27-2)21(12-16)28-3;/h7-10,12-13H,5-6,11,14-15H2,1-4H3,(H2,24,25,26);1H. The maximum absolute atomic E-state index is 13.5. The van der Waals surface area contributed by atoms with E-state index in [1.165, 1.54) is 11.6 Å². The molecule has 0 saturated carbocycles. The van der Waals surface area contributed by atoms with Crippen LogP contribution >= 0.6 is 35.7 Å². The summed E-state index contributed by atoms with van der Waals surface area (Å²) in [6.07, 6.45) is 3.88. The van der Waals surface area contributed by atoms with Crippen LogP contribution in [0, 0.1) is 5.82 Å². The first-order valence-electron chi connectivity index (χ1n) is 9.53. The number of nitrogens with one attached hydrogen (secondary N) is 2. The topological polar surface area (TPSA) is 54.9 Å². The number of methoxy groups -OCH3 is 2. The summed E-state index contributed by atoms with van der Waals surface area (Å²) in [5, 5.41) is 6.63. The lowest BCUT2D eigenvalue weighted by molar-refractivity contribution is 0.354. The lowest BCUT2D eigenvalue weighted by atomic mass is 10.1. The van der Waals surface area contributed by atoms with Gasteiger partial charge in [0.25, 0.3) is 0 Å². The number of halogens is 2. The Morgan fingerprint density at radius 1 is 1.03 bits per heavy atom. The van der Waals surface area contributed by atoms with Crippen LogP contribution in [-0.2, 0) is 18.7 Å². The molecule has 0 spiro atoms. The smallest absolute Gasteiger partial charge is 0.191 e. The predicted octanol–water partition coefficient (Wildman–Crippen LogP) is 4.62. The molecule has 2 N–H and O–H groups in total. The Morgan fingerprint density at radius 3 is 2.47 bits per heavy atom. The molecule has 0 amide bonds. The third-order valence-electron chi connectivity index (χ3n) is 4.52. The zero-order valence-electron chi connectivity index (χ0n) is 18.0. The van der Waals surface area contributed by atoms with E-state index in [4.69, 9.17) is 9.47 Å². The zero-order valence-corrected chi connectivity index (χ0v) is 21.1. The highest BCUT2D eigenvalue weighted by Gasteiger charge is 2.07. The van der Waals surface area contributed by atoms with E-state index in [1.54, 1.807) is 39.1 Å². The van der Waals surface area contributed by atoms with E-state index in [1.807, 2.05) is 24.5 Å². The fourth-order valence-electron chi connectivity index (χ4n) is 2.99. The van der Waals surface area contributed by atoms with E-state index in [-0.39, 0.29) is 29.8 Å². The minimum atomic E-state index is -0.199. The van der Waals surface area contributed by atoms with Crippen molar-refractivity contribution in [2.75, 3.05) is 34.1 Å². The van der Waals surface area contributed by atoms with Crippen LogP contribution in [0.25, 0.3) is 0 Å². The highest BCUT2D eigenvalue weighted by atomic mass is 127. The van der Waals surface area contributed by atoms with Gasteiger partial charge in [-0.15, -0.1) is 24.0 Å². The van der Waals surface area contributed by atoms with Crippen molar-refractivity contribution in [1.29, 1.82) is 0 Å². The average molecular weight is 547 g/mol. The maximum atomic E-state index is 13.5. The van der Waals surface area contributed by atoms with Crippen molar-refractivity contribution >= 4 is 41.7 Å². The second kappa shape index (κ2) is 14.3. The second-order valence-electron chi connectivity index (χ2n) is 6.49. The molecule has 0 radical (unpaired) electrons. The molecule has 0 bridgehead atoms. The van der Waals surface area contributed by atoms with Crippen LogP contribution in [-0.4, -0.2) is 40.0 Å². The van der Waals surface area contributed by atoms with E-state index >= 15 is 0 Å². The number of aliphatic imine (C=N–C) groups is 1. The summed E-state index contributed by atoms with van der Waals surface area (Å²) >= 11 is 1.68. The molecule has 2 aromatic carbocycles. The molecule has 0 aromatic heterocycles. The molecule has 0 saturated heterocycles. The highest BCUT2D eigenvalue weighted by molar-refractivity contribution is 14.0. The Morgan fingerprint density at radius 2 is 1.80 bits per heavy atom. The molecule has 0 atom stereocenters. The van der Waals surface area contributed by atoms with Gasteiger partial charge in [-0.1, -0.05) is 12.1 Å². The fourth-order valence-corrected chi connectivity index (χ4v) is 3.57. The third-order valence-corrected chi connectivity index (χ3v) is 5.12. The van der Waals surface area contributed by atoms with Gasteiger partial charge >= 0.3 is 0 Å². The number of ether oxygens (including phenoxy) is 2. The molecule has 0 aliphatic carbocycles. The van der Waals surface area contributed by atoms with E-state index in [2.05, 4.69) is 21.7 Å². The van der Waals surface area contributed by atoms with Gasteiger partial charge in [-0.05, 0) is 60.1 Å². The number of guanidine groups is 1. The molecule has 0 aliphatic rings. The van der Waals surface area contributed by atoms with Gasteiger partial charge in [0, 0.05) is 25.9 Å². The summed E-state index contributed by atoms with van der Waals surface area (Å²) in [5.41, 5.74) is 3.28. The molecule has 166 valence electrons. The lowest BCUT2D eigenvalue weighted by Crippen LogP contribution is -2.37. The fraction of sp³-hybridized carbons (Fsp3) is 0.409. The van der Waals surface area contributed by atoms with Crippen LogP contribution in [0.5, 0.6) is 11.5 Å². The molecule has 2 aromatic rings. The van der Waals surface area contributed by atoms with Gasteiger partial charge in [-0.25, -0.2) is 4.39 Å². The number of aryl methyl sites for hydroxylation is 1. The average Bonchev–Trinajstić information content (AvgIpc) is 2.74. The van der Waals surface area contributed by atoms with Gasteiger partial charge < -0.3 is 20.1 Å². The predicted molar refractivity (Wildman–Crippen MR) is 135 cm³/mol. The van der Waals surface area contributed by atoms with Gasteiger partial charge in [-0.3, -0.25) is 4.99 Å². The number of thioether (sulfide) groups is 1. The molecule has 0 fully saturated rings. The van der Waals surface area contributed by atoms with E-state index < -0.39 is 0 Å². The Kier molecular flexibility index (Phi) is 12.6. The van der Waals surface area contributed by atoms with Crippen molar-refractivity contribution in [3.05, 3.63) is 58.9 Å². The molecule has 8 heteroatoms. The van der Waals surface area contributed by atoms with Crippen molar-refractivity contribution in [2.45, 2.75) is 25.1 Å². The summed E-state index contributed by atoms with van der Waals surface area (Å²) < 4.78 is 24.1. The van der Waals surface area contributed by atoms with E-state index in [0.717, 1.165) is 53.7 Å². The summed E-state index contributed by atoms with van der Waals surface area (Å²) in [4.78, 5) is 4.27. The molecule has 2 rings (SSSR count). The van der Waals surface area contributed by atoms with E-state index in [9.17, 15) is 4.39 Å². The summed E-state index contributed by atoms with van der Waals surface area (Å²) in [6.45, 7) is 1.39. The van der Waals surface area contributed by atoms with Crippen LogP contribution in [0.3, 0.4) is 0 Å². The van der Waals surface area contributed by atoms with Crippen molar-refractivity contribution < 1.29 is 13.9 Å². The minimum Gasteiger partial charge on any atom is -0.493 e. The zero-order chi connectivity index (χ0) is 21.1. The molecule has 30 heavy (non-hydrogen) atoms. The van der Waals surface area contributed by atoms with Crippen LogP contribution in [0.15, 0.2) is 41.4 Å². The molecule has 0 unspecified atom stereocenters. The van der Waals surface area contributed by atoms with Crippen molar-refractivity contribution in [3.8, 4) is 11.5 Å². The number of rotatable bonds is 10. The minimum absolute atomic E-state index is 0. The maximum Gasteiger partial charge on any atom is 0.191 e. The lowest BCUT2D eigenvalue weighted by Gasteiger charge is -2.14. The van der Waals surface area contributed by atoms with Gasteiger partial charge in [0.15, 0.2) is 17.5 Å². The Labute approximate surface area is 200 Å². The number of hydrogen-bond donors (Lipinski definition) is 2. The number of benzene rings is 2. The van der Waals surface area contributed by atoms with E-state index in [0.29, 0.717) is 6.54 Å². The number of nitrogens with zero attached hydrogens (tertiary/aromatic N) is 1. The monoisotopic (exact) mass is 547 g/mol. The normalized spacial score (nSPS) is 10.9. The molecule has 5 nitrogen and oxygen atoms in total. The summed E-state index contributed by atoms with van der Waals surface area (Å²) in [5.74, 6) is 2.80. The molecule has 0 heterocycles. The van der Waals surface area contributed by atoms with Crippen molar-refractivity contribution in [1.82, 2.24) is 10.6 Å². The highest BCUT2D eigenvalue weighted by Crippen LogP contribution is 2.27. The van der Waals surface area contributed by atoms with Crippen molar-refractivity contribution in [3.63, 3.8) is 0 Å². The first-order valence-corrected chi connectivity index (χ1v) is 10.9. The van der Waals surface area contributed by atoms with Crippen LogP contribution < -0.4 is 20.1 Å². The SMILES string of the molecule is CN=C(NCCCc1ccc(OC)c(OC)c1)NCc1ccc(F)cc1CSC.I. The van der Waals surface area contributed by atoms with Gasteiger partial charge in [0.1, 0.15) is 5.82 Å². The first-order chi connectivity index (χ1) is 14.1.